The van der Waals surface area contributed by atoms with Crippen molar-refractivity contribution >= 4 is 21.6 Å². The highest BCUT2D eigenvalue weighted by molar-refractivity contribution is 9.10. The van der Waals surface area contributed by atoms with Gasteiger partial charge in [0, 0.05) is 17.1 Å². The Bertz CT molecular complexity index is 429. The summed E-state index contributed by atoms with van der Waals surface area (Å²) in [5, 5.41) is 12.3. The average molecular weight is 271 g/mol. The third-order valence-electron chi connectivity index (χ3n) is 2.22. The maximum Gasteiger partial charge on any atom is 0.223 e. The summed E-state index contributed by atoms with van der Waals surface area (Å²) < 4.78 is 6.52. The van der Waals surface area contributed by atoms with E-state index in [2.05, 4.69) is 26.1 Å². The van der Waals surface area contributed by atoms with Gasteiger partial charge >= 0.3 is 0 Å². The summed E-state index contributed by atoms with van der Waals surface area (Å²) in [6, 6.07) is 1.84. The maximum absolute atomic E-state index is 8.95. The fraction of sp³-hybridized carbons (Fsp3) is 0.400. The summed E-state index contributed by atoms with van der Waals surface area (Å²) >= 11 is 3.32. The van der Waals surface area contributed by atoms with Gasteiger partial charge in [0.2, 0.25) is 5.88 Å². The largest absolute Gasteiger partial charge is 0.471 e. The SMILES string of the molecule is CC1(C)C/C(=N\O)c2cc(Br)cnc2O1. The van der Waals surface area contributed by atoms with Crippen LogP contribution in [0.1, 0.15) is 25.8 Å². The first-order valence-electron chi connectivity index (χ1n) is 4.58. The van der Waals surface area contributed by atoms with Gasteiger partial charge in [-0.25, -0.2) is 4.98 Å². The lowest BCUT2D eigenvalue weighted by Crippen LogP contribution is -2.36. The van der Waals surface area contributed by atoms with Crippen molar-refractivity contribution in [1.82, 2.24) is 4.98 Å². The molecule has 0 atom stereocenters. The lowest BCUT2D eigenvalue weighted by atomic mass is 9.94. The minimum absolute atomic E-state index is 0.380. The van der Waals surface area contributed by atoms with Crippen molar-refractivity contribution < 1.29 is 9.94 Å². The summed E-state index contributed by atoms with van der Waals surface area (Å²) in [7, 11) is 0. The minimum atomic E-state index is -0.380. The lowest BCUT2D eigenvalue weighted by molar-refractivity contribution is 0.103. The molecule has 5 heteroatoms. The molecule has 0 fully saturated rings. The van der Waals surface area contributed by atoms with Gasteiger partial charge in [-0.05, 0) is 35.8 Å². The molecule has 0 unspecified atom stereocenters. The van der Waals surface area contributed by atoms with Crippen LogP contribution in [0.5, 0.6) is 5.88 Å². The number of ether oxygens (including phenoxy) is 1. The number of hydrogen-bond acceptors (Lipinski definition) is 4. The van der Waals surface area contributed by atoms with Crippen molar-refractivity contribution in [3.05, 3.63) is 22.3 Å². The molecule has 0 bridgehead atoms. The van der Waals surface area contributed by atoms with E-state index in [-0.39, 0.29) is 5.60 Å². The lowest BCUT2D eigenvalue weighted by Gasteiger charge is -2.31. The Morgan fingerprint density at radius 2 is 2.33 bits per heavy atom. The fourth-order valence-corrected chi connectivity index (χ4v) is 1.93. The molecule has 0 radical (unpaired) electrons. The second kappa shape index (κ2) is 3.48. The predicted molar refractivity (Wildman–Crippen MR) is 59.6 cm³/mol. The van der Waals surface area contributed by atoms with Crippen LogP contribution in [-0.2, 0) is 0 Å². The van der Waals surface area contributed by atoms with Crippen LogP contribution < -0.4 is 4.74 Å². The van der Waals surface area contributed by atoms with Crippen molar-refractivity contribution in [3.63, 3.8) is 0 Å². The molecule has 1 N–H and O–H groups in total. The zero-order valence-electron chi connectivity index (χ0n) is 8.49. The van der Waals surface area contributed by atoms with Crippen LogP contribution >= 0.6 is 15.9 Å². The van der Waals surface area contributed by atoms with Crippen LogP contribution in [0.2, 0.25) is 0 Å². The predicted octanol–water partition coefficient (Wildman–Crippen LogP) is 2.58. The zero-order valence-corrected chi connectivity index (χ0v) is 10.1. The Kier molecular flexibility index (Phi) is 2.42. The molecule has 2 rings (SSSR count). The monoisotopic (exact) mass is 270 g/mol. The van der Waals surface area contributed by atoms with Gasteiger partial charge < -0.3 is 9.94 Å². The second-order valence-electron chi connectivity index (χ2n) is 4.09. The van der Waals surface area contributed by atoms with Crippen LogP contribution in [0.4, 0.5) is 0 Å². The van der Waals surface area contributed by atoms with Gasteiger partial charge in [-0.15, -0.1) is 0 Å². The Morgan fingerprint density at radius 1 is 1.60 bits per heavy atom. The van der Waals surface area contributed by atoms with Crippen LogP contribution in [0.3, 0.4) is 0 Å². The first-order chi connectivity index (χ1) is 7.02. The normalized spacial score (nSPS) is 20.9. The number of fused-ring (bicyclic) bond motifs is 1. The standard InChI is InChI=1S/C10H11BrN2O2/c1-10(2)4-8(13-14)7-3-6(11)5-12-9(7)15-10/h3,5,14H,4H2,1-2H3/b13-8+. The molecule has 0 saturated heterocycles. The van der Waals surface area contributed by atoms with E-state index < -0.39 is 0 Å². The van der Waals surface area contributed by atoms with Gasteiger partial charge in [0.15, 0.2) is 0 Å². The molecule has 0 aromatic carbocycles. The van der Waals surface area contributed by atoms with Gasteiger partial charge in [-0.2, -0.15) is 0 Å². The fourth-order valence-electron chi connectivity index (χ4n) is 1.60. The quantitative estimate of drug-likeness (QED) is 0.582. The highest BCUT2D eigenvalue weighted by Gasteiger charge is 2.32. The van der Waals surface area contributed by atoms with E-state index in [4.69, 9.17) is 9.94 Å². The number of rotatable bonds is 0. The van der Waals surface area contributed by atoms with E-state index in [0.29, 0.717) is 18.0 Å². The van der Waals surface area contributed by atoms with Crippen LogP contribution in [0.15, 0.2) is 21.9 Å². The molecule has 0 spiro atoms. The zero-order chi connectivity index (χ0) is 11.1. The molecular formula is C10H11BrN2O2. The van der Waals surface area contributed by atoms with Crippen molar-refractivity contribution in [2.45, 2.75) is 25.9 Å². The van der Waals surface area contributed by atoms with E-state index in [0.717, 1.165) is 10.0 Å². The van der Waals surface area contributed by atoms with Crippen LogP contribution in [0, 0.1) is 0 Å². The summed E-state index contributed by atoms with van der Waals surface area (Å²) in [5.41, 5.74) is 0.969. The van der Waals surface area contributed by atoms with Gasteiger partial charge in [0.25, 0.3) is 0 Å². The Hall–Kier alpha value is -1.10. The maximum atomic E-state index is 8.95. The first-order valence-corrected chi connectivity index (χ1v) is 5.37. The average Bonchev–Trinajstić information content (AvgIpc) is 2.16. The van der Waals surface area contributed by atoms with Crippen LogP contribution in [-0.4, -0.2) is 21.5 Å². The molecule has 0 amide bonds. The van der Waals surface area contributed by atoms with Crippen molar-refractivity contribution in [3.8, 4) is 5.88 Å². The molecule has 1 aromatic heterocycles. The molecule has 15 heavy (non-hydrogen) atoms. The molecule has 4 nitrogen and oxygen atoms in total. The summed E-state index contributed by atoms with van der Waals surface area (Å²) in [5.74, 6) is 0.516. The van der Waals surface area contributed by atoms with E-state index in [1.165, 1.54) is 0 Å². The van der Waals surface area contributed by atoms with E-state index in [1.54, 1.807) is 6.20 Å². The third-order valence-corrected chi connectivity index (χ3v) is 2.65. The number of pyridine rings is 1. The van der Waals surface area contributed by atoms with Crippen molar-refractivity contribution in [1.29, 1.82) is 0 Å². The van der Waals surface area contributed by atoms with E-state index in [1.807, 2.05) is 19.9 Å². The van der Waals surface area contributed by atoms with E-state index in [9.17, 15) is 0 Å². The van der Waals surface area contributed by atoms with Gasteiger partial charge in [0.1, 0.15) is 5.60 Å². The molecule has 1 aliphatic heterocycles. The molecule has 2 heterocycles. The highest BCUT2D eigenvalue weighted by atomic mass is 79.9. The number of halogens is 1. The number of hydrogen-bond donors (Lipinski definition) is 1. The van der Waals surface area contributed by atoms with Gasteiger partial charge in [0.05, 0.1) is 11.3 Å². The molecule has 1 aliphatic rings. The smallest absolute Gasteiger partial charge is 0.223 e. The Balaban J connectivity index is 2.55. The third kappa shape index (κ3) is 1.97. The summed E-state index contributed by atoms with van der Waals surface area (Å²) in [4.78, 5) is 4.15. The minimum Gasteiger partial charge on any atom is -0.471 e. The topological polar surface area (TPSA) is 54.7 Å². The van der Waals surface area contributed by atoms with Crippen LogP contribution in [0.25, 0.3) is 0 Å². The van der Waals surface area contributed by atoms with Crippen molar-refractivity contribution in [2.24, 2.45) is 5.16 Å². The second-order valence-corrected chi connectivity index (χ2v) is 5.01. The number of aromatic nitrogens is 1. The Labute approximate surface area is 96.1 Å². The molecule has 0 aliphatic carbocycles. The van der Waals surface area contributed by atoms with Crippen molar-refractivity contribution in [2.75, 3.05) is 0 Å². The number of nitrogens with zero attached hydrogens (tertiary/aromatic N) is 2. The molecule has 1 aromatic rings. The summed E-state index contributed by atoms with van der Waals surface area (Å²) in [6.07, 6.45) is 2.23. The molecule has 80 valence electrons. The summed E-state index contributed by atoms with van der Waals surface area (Å²) in [6.45, 7) is 3.87. The van der Waals surface area contributed by atoms with E-state index >= 15 is 0 Å². The Morgan fingerprint density at radius 3 is 3.00 bits per heavy atom. The van der Waals surface area contributed by atoms with Gasteiger partial charge in [-0.1, -0.05) is 5.16 Å². The molecular weight excluding hydrogens is 260 g/mol. The molecule has 0 saturated carbocycles. The highest BCUT2D eigenvalue weighted by Crippen LogP contribution is 2.32. The van der Waals surface area contributed by atoms with Gasteiger partial charge in [-0.3, -0.25) is 0 Å². The number of oxime groups is 1. The first kappa shape index (κ1) is 10.4.